The van der Waals surface area contributed by atoms with Crippen molar-refractivity contribution in [1.29, 1.82) is 5.26 Å². The topological polar surface area (TPSA) is 57.0 Å². The lowest BCUT2D eigenvalue weighted by Crippen LogP contribution is -2.29. The SMILES string of the molecule is CC(C)(C)c1cncc(C(=O)N2CCC(C#N)C2)c1. The molecule has 1 aromatic rings. The Morgan fingerprint density at radius 2 is 2.21 bits per heavy atom. The molecule has 100 valence electrons. The molecule has 1 aromatic heterocycles. The number of carbonyl (C=O) groups excluding carboxylic acids is 1. The second kappa shape index (κ2) is 5.00. The van der Waals surface area contributed by atoms with E-state index < -0.39 is 0 Å². The molecule has 1 atom stereocenters. The first-order valence-electron chi connectivity index (χ1n) is 6.56. The zero-order valence-corrected chi connectivity index (χ0v) is 11.7. The van der Waals surface area contributed by atoms with Gasteiger partial charge in [0, 0.05) is 25.5 Å². The molecule has 0 N–H and O–H groups in total. The van der Waals surface area contributed by atoms with Gasteiger partial charge >= 0.3 is 0 Å². The van der Waals surface area contributed by atoms with Crippen LogP contribution in [-0.2, 0) is 5.41 Å². The number of likely N-dealkylation sites (tertiary alicyclic amines) is 1. The van der Waals surface area contributed by atoms with Crippen LogP contribution < -0.4 is 0 Å². The molecule has 2 rings (SSSR count). The largest absolute Gasteiger partial charge is 0.337 e. The Morgan fingerprint density at radius 3 is 2.79 bits per heavy atom. The first-order chi connectivity index (χ1) is 8.91. The maximum absolute atomic E-state index is 12.4. The predicted octanol–water partition coefficient (Wildman–Crippen LogP) is 2.36. The fourth-order valence-corrected chi connectivity index (χ4v) is 2.20. The van der Waals surface area contributed by atoms with E-state index in [1.165, 1.54) is 0 Å². The Kier molecular flexibility index (Phi) is 3.57. The zero-order valence-electron chi connectivity index (χ0n) is 11.7. The summed E-state index contributed by atoms with van der Waals surface area (Å²) in [6.07, 6.45) is 4.19. The van der Waals surface area contributed by atoms with E-state index in [-0.39, 0.29) is 17.2 Å². The third kappa shape index (κ3) is 2.93. The van der Waals surface area contributed by atoms with Gasteiger partial charge in [-0.3, -0.25) is 9.78 Å². The van der Waals surface area contributed by atoms with Crippen LogP contribution in [-0.4, -0.2) is 28.9 Å². The van der Waals surface area contributed by atoms with Crippen LogP contribution in [0.5, 0.6) is 0 Å². The van der Waals surface area contributed by atoms with Gasteiger partial charge in [0.05, 0.1) is 17.6 Å². The van der Waals surface area contributed by atoms with Crippen LogP contribution in [0.25, 0.3) is 0 Å². The van der Waals surface area contributed by atoms with E-state index in [0.29, 0.717) is 18.7 Å². The molecule has 0 aromatic carbocycles. The highest BCUT2D eigenvalue weighted by atomic mass is 16.2. The minimum atomic E-state index is -0.0253. The van der Waals surface area contributed by atoms with Crippen LogP contribution in [0.2, 0.25) is 0 Å². The monoisotopic (exact) mass is 257 g/mol. The maximum Gasteiger partial charge on any atom is 0.255 e. The molecule has 0 bridgehead atoms. The number of nitriles is 1. The van der Waals surface area contributed by atoms with Gasteiger partial charge in [-0.2, -0.15) is 5.26 Å². The van der Waals surface area contributed by atoms with Crippen molar-refractivity contribution >= 4 is 5.91 Å². The first kappa shape index (κ1) is 13.5. The summed E-state index contributed by atoms with van der Waals surface area (Å²) in [6, 6.07) is 4.14. The lowest BCUT2D eigenvalue weighted by atomic mass is 9.87. The van der Waals surface area contributed by atoms with Crippen LogP contribution in [0.1, 0.15) is 43.1 Å². The summed E-state index contributed by atoms with van der Waals surface area (Å²) in [6.45, 7) is 7.49. The number of amides is 1. The van der Waals surface area contributed by atoms with E-state index in [2.05, 4.69) is 31.8 Å². The number of pyridine rings is 1. The normalized spacial score (nSPS) is 19.3. The summed E-state index contributed by atoms with van der Waals surface area (Å²) < 4.78 is 0. The summed E-state index contributed by atoms with van der Waals surface area (Å²) in [7, 11) is 0. The van der Waals surface area contributed by atoms with Crippen molar-refractivity contribution in [3.63, 3.8) is 0 Å². The van der Waals surface area contributed by atoms with Crippen molar-refractivity contribution in [3.05, 3.63) is 29.6 Å². The van der Waals surface area contributed by atoms with Crippen molar-refractivity contribution < 1.29 is 4.79 Å². The van der Waals surface area contributed by atoms with Crippen LogP contribution in [0, 0.1) is 17.2 Å². The number of carbonyl (C=O) groups is 1. The zero-order chi connectivity index (χ0) is 14.0. The van der Waals surface area contributed by atoms with Crippen molar-refractivity contribution in [2.24, 2.45) is 5.92 Å². The highest BCUT2D eigenvalue weighted by Gasteiger charge is 2.27. The second-order valence-electron chi connectivity index (χ2n) is 6.08. The Hall–Kier alpha value is -1.89. The minimum absolute atomic E-state index is 0.0173. The molecule has 19 heavy (non-hydrogen) atoms. The molecule has 0 spiro atoms. The van der Waals surface area contributed by atoms with Crippen molar-refractivity contribution in [3.8, 4) is 6.07 Å². The van der Waals surface area contributed by atoms with E-state index in [9.17, 15) is 4.79 Å². The van der Waals surface area contributed by atoms with E-state index in [4.69, 9.17) is 5.26 Å². The Balaban J connectivity index is 2.19. The molecule has 4 nitrogen and oxygen atoms in total. The average Bonchev–Trinajstić information content (AvgIpc) is 2.86. The smallest absolute Gasteiger partial charge is 0.255 e. The van der Waals surface area contributed by atoms with Crippen LogP contribution >= 0.6 is 0 Å². The molecular weight excluding hydrogens is 238 g/mol. The summed E-state index contributed by atoms with van der Waals surface area (Å²) in [5.74, 6) is -0.0425. The number of nitrogens with zero attached hydrogens (tertiary/aromatic N) is 3. The molecule has 4 heteroatoms. The van der Waals surface area contributed by atoms with Crippen molar-refractivity contribution in [1.82, 2.24) is 9.88 Å². The third-order valence-electron chi connectivity index (χ3n) is 3.51. The lowest BCUT2D eigenvalue weighted by molar-refractivity contribution is 0.0789. The van der Waals surface area contributed by atoms with Gasteiger partial charge < -0.3 is 4.90 Å². The summed E-state index contributed by atoms with van der Waals surface area (Å²) in [5.41, 5.74) is 1.64. The van der Waals surface area contributed by atoms with Crippen molar-refractivity contribution in [2.45, 2.75) is 32.6 Å². The summed E-state index contributed by atoms with van der Waals surface area (Å²) in [4.78, 5) is 18.3. The molecule has 1 unspecified atom stereocenters. The molecule has 0 aliphatic carbocycles. The summed E-state index contributed by atoms with van der Waals surface area (Å²) >= 11 is 0. The molecular formula is C15H19N3O. The van der Waals surface area contributed by atoms with Gasteiger partial charge in [0.25, 0.3) is 5.91 Å². The number of aromatic nitrogens is 1. The molecule has 1 fully saturated rings. The molecule has 0 saturated carbocycles. The van der Waals surface area contributed by atoms with Gasteiger partial charge in [0.1, 0.15) is 0 Å². The van der Waals surface area contributed by atoms with Gasteiger partial charge in [-0.25, -0.2) is 0 Å². The number of hydrogen-bond donors (Lipinski definition) is 0. The highest BCUT2D eigenvalue weighted by molar-refractivity contribution is 5.94. The predicted molar refractivity (Wildman–Crippen MR) is 72.6 cm³/mol. The molecule has 1 aliphatic rings. The average molecular weight is 257 g/mol. The first-order valence-corrected chi connectivity index (χ1v) is 6.56. The number of rotatable bonds is 1. The van der Waals surface area contributed by atoms with Gasteiger partial charge in [0.2, 0.25) is 0 Å². The molecule has 1 saturated heterocycles. The fraction of sp³-hybridized carbons (Fsp3) is 0.533. The molecule has 1 aliphatic heterocycles. The Bertz CT molecular complexity index is 525. The maximum atomic E-state index is 12.4. The van der Waals surface area contributed by atoms with Crippen LogP contribution in [0.4, 0.5) is 0 Å². The Labute approximate surface area is 114 Å². The Morgan fingerprint density at radius 1 is 1.47 bits per heavy atom. The van der Waals surface area contributed by atoms with E-state index >= 15 is 0 Å². The highest BCUT2D eigenvalue weighted by Crippen LogP contribution is 2.23. The molecule has 1 amide bonds. The fourth-order valence-electron chi connectivity index (χ4n) is 2.20. The molecule has 2 heterocycles. The third-order valence-corrected chi connectivity index (χ3v) is 3.51. The van der Waals surface area contributed by atoms with E-state index in [1.54, 1.807) is 17.3 Å². The number of hydrogen-bond acceptors (Lipinski definition) is 3. The van der Waals surface area contributed by atoms with Crippen molar-refractivity contribution in [2.75, 3.05) is 13.1 Å². The second-order valence-corrected chi connectivity index (χ2v) is 6.08. The molecule has 0 radical (unpaired) electrons. The van der Waals surface area contributed by atoms with Gasteiger partial charge in [-0.15, -0.1) is 0 Å². The van der Waals surface area contributed by atoms with Crippen LogP contribution in [0.15, 0.2) is 18.5 Å². The minimum Gasteiger partial charge on any atom is -0.337 e. The van der Waals surface area contributed by atoms with E-state index in [0.717, 1.165) is 12.0 Å². The standard InChI is InChI=1S/C15H19N3O/c1-15(2,3)13-6-12(8-17-9-13)14(19)18-5-4-11(7-16)10-18/h6,8-9,11H,4-5,10H2,1-3H3. The lowest BCUT2D eigenvalue weighted by Gasteiger charge is -2.20. The van der Waals surface area contributed by atoms with Gasteiger partial charge in [0.15, 0.2) is 0 Å². The summed E-state index contributed by atoms with van der Waals surface area (Å²) in [5, 5.41) is 8.89. The van der Waals surface area contributed by atoms with Crippen LogP contribution in [0.3, 0.4) is 0 Å². The quantitative estimate of drug-likeness (QED) is 0.776. The van der Waals surface area contributed by atoms with Gasteiger partial charge in [-0.05, 0) is 23.5 Å². The van der Waals surface area contributed by atoms with Gasteiger partial charge in [-0.1, -0.05) is 20.8 Å². The van der Waals surface area contributed by atoms with E-state index in [1.807, 2.05) is 6.07 Å².